The van der Waals surface area contributed by atoms with E-state index in [-0.39, 0.29) is 0 Å². The monoisotopic (exact) mass is 168 g/mol. The summed E-state index contributed by atoms with van der Waals surface area (Å²) < 4.78 is 4.87. The van der Waals surface area contributed by atoms with Crippen molar-refractivity contribution < 1.29 is 4.52 Å². The molecule has 0 aromatic carbocycles. The standard InChI is InChI=1S/C9H16N2O/c1-6(2)8(4-10)9-5-12-11-7(9)3/h5-6,8H,4,10H2,1-3H3. The van der Waals surface area contributed by atoms with Gasteiger partial charge < -0.3 is 10.3 Å². The number of rotatable bonds is 3. The van der Waals surface area contributed by atoms with Gasteiger partial charge in [0, 0.05) is 11.5 Å². The Bertz CT molecular complexity index is 242. The molecule has 0 amide bonds. The molecule has 2 N–H and O–H groups in total. The summed E-state index contributed by atoms with van der Waals surface area (Å²) in [5.74, 6) is 0.907. The fraction of sp³-hybridized carbons (Fsp3) is 0.667. The fourth-order valence-corrected chi connectivity index (χ4v) is 1.41. The molecule has 0 aliphatic heterocycles. The van der Waals surface area contributed by atoms with Crippen molar-refractivity contribution in [1.29, 1.82) is 0 Å². The van der Waals surface area contributed by atoms with Crippen LogP contribution in [0, 0.1) is 12.8 Å². The number of aromatic nitrogens is 1. The highest BCUT2D eigenvalue weighted by Crippen LogP contribution is 2.25. The van der Waals surface area contributed by atoms with Crippen molar-refractivity contribution in [3.8, 4) is 0 Å². The van der Waals surface area contributed by atoms with Crippen molar-refractivity contribution in [2.75, 3.05) is 6.54 Å². The van der Waals surface area contributed by atoms with Gasteiger partial charge >= 0.3 is 0 Å². The molecule has 0 saturated carbocycles. The van der Waals surface area contributed by atoms with Crippen LogP contribution in [-0.2, 0) is 0 Å². The Labute approximate surface area is 72.9 Å². The van der Waals surface area contributed by atoms with E-state index in [1.165, 1.54) is 0 Å². The van der Waals surface area contributed by atoms with Crippen LogP contribution in [0.25, 0.3) is 0 Å². The zero-order valence-electron chi connectivity index (χ0n) is 7.87. The minimum Gasteiger partial charge on any atom is -0.364 e. The molecule has 1 aromatic rings. The van der Waals surface area contributed by atoms with E-state index >= 15 is 0 Å². The quantitative estimate of drug-likeness (QED) is 0.747. The minimum atomic E-state index is 0.372. The second-order valence-corrected chi connectivity index (χ2v) is 3.44. The average molecular weight is 168 g/mol. The molecule has 1 heterocycles. The molecule has 0 saturated heterocycles. The first kappa shape index (κ1) is 9.26. The van der Waals surface area contributed by atoms with Crippen molar-refractivity contribution in [1.82, 2.24) is 5.16 Å². The molecule has 0 aliphatic rings. The van der Waals surface area contributed by atoms with Gasteiger partial charge in [-0.25, -0.2) is 0 Å². The molecule has 1 rings (SSSR count). The number of aryl methyl sites for hydroxylation is 1. The van der Waals surface area contributed by atoms with E-state index in [2.05, 4.69) is 19.0 Å². The molecule has 1 atom stereocenters. The molecular formula is C9H16N2O. The van der Waals surface area contributed by atoms with Crippen molar-refractivity contribution >= 4 is 0 Å². The first-order valence-corrected chi connectivity index (χ1v) is 4.27. The van der Waals surface area contributed by atoms with Gasteiger partial charge in [-0.1, -0.05) is 19.0 Å². The second kappa shape index (κ2) is 3.72. The third kappa shape index (κ3) is 1.67. The Kier molecular flexibility index (Phi) is 2.87. The Morgan fingerprint density at radius 1 is 1.58 bits per heavy atom. The van der Waals surface area contributed by atoms with Gasteiger partial charge in [-0.05, 0) is 19.4 Å². The molecule has 0 bridgehead atoms. The molecule has 0 spiro atoms. The average Bonchev–Trinajstić information content (AvgIpc) is 2.38. The van der Waals surface area contributed by atoms with Crippen LogP contribution in [0.3, 0.4) is 0 Å². The lowest BCUT2D eigenvalue weighted by atomic mass is 9.89. The van der Waals surface area contributed by atoms with E-state index < -0.39 is 0 Å². The summed E-state index contributed by atoms with van der Waals surface area (Å²) in [5, 5.41) is 3.84. The molecular weight excluding hydrogens is 152 g/mol. The summed E-state index contributed by atoms with van der Waals surface area (Å²) >= 11 is 0. The number of nitrogens with two attached hydrogens (primary N) is 1. The SMILES string of the molecule is Cc1nocc1C(CN)C(C)C. The van der Waals surface area contributed by atoms with E-state index in [9.17, 15) is 0 Å². The highest BCUT2D eigenvalue weighted by atomic mass is 16.5. The summed E-state index contributed by atoms with van der Waals surface area (Å²) in [6, 6.07) is 0. The van der Waals surface area contributed by atoms with Gasteiger partial charge in [0.1, 0.15) is 6.26 Å². The predicted octanol–water partition coefficient (Wildman–Crippen LogP) is 1.68. The summed E-state index contributed by atoms with van der Waals surface area (Å²) in [7, 11) is 0. The fourth-order valence-electron chi connectivity index (χ4n) is 1.41. The van der Waals surface area contributed by atoms with Gasteiger partial charge in [-0.15, -0.1) is 0 Å². The van der Waals surface area contributed by atoms with Crippen molar-refractivity contribution in [3.63, 3.8) is 0 Å². The molecule has 12 heavy (non-hydrogen) atoms. The molecule has 1 aromatic heterocycles. The van der Waals surface area contributed by atoms with Crippen LogP contribution in [0.2, 0.25) is 0 Å². The Balaban J connectivity index is 2.87. The predicted molar refractivity (Wildman–Crippen MR) is 47.9 cm³/mol. The highest BCUT2D eigenvalue weighted by Gasteiger charge is 2.18. The molecule has 1 unspecified atom stereocenters. The Hall–Kier alpha value is -0.830. The molecule has 0 fully saturated rings. The Morgan fingerprint density at radius 3 is 2.58 bits per heavy atom. The largest absolute Gasteiger partial charge is 0.364 e. The van der Waals surface area contributed by atoms with Crippen LogP contribution in [-0.4, -0.2) is 11.7 Å². The van der Waals surface area contributed by atoms with Gasteiger partial charge in [-0.3, -0.25) is 0 Å². The lowest BCUT2D eigenvalue weighted by molar-refractivity contribution is 0.412. The third-order valence-electron chi connectivity index (χ3n) is 2.25. The smallest absolute Gasteiger partial charge is 0.127 e. The van der Waals surface area contributed by atoms with Gasteiger partial charge in [-0.2, -0.15) is 0 Å². The maximum absolute atomic E-state index is 5.66. The van der Waals surface area contributed by atoms with Crippen LogP contribution in [0.4, 0.5) is 0 Å². The summed E-state index contributed by atoms with van der Waals surface area (Å²) in [6.07, 6.45) is 1.70. The summed E-state index contributed by atoms with van der Waals surface area (Å²) in [6.45, 7) is 6.91. The van der Waals surface area contributed by atoms with Gasteiger partial charge in [0.25, 0.3) is 0 Å². The van der Waals surface area contributed by atoms with Crippen LogP contribution in [0.1, 0.15) is 31.0 Å². The zero-order chi connectivity index (χ0) is 9.14. The highest BCUT2D eigenvalue weighted by molar-refractivity contribution is 5.19. The topological polar surface area (TPSA) is 52.0 Å². The van der Waals surface area contributed by atoms with Crippen LogP contribution in [0.5, 0.6) is 0 Å². The van der Waals surface area contributed by atoms with E-state index in [4.69, 9.17) is 10.3 Å². The van der Waals surface area contributed by atoms with Crippen LogP contribution >= 0.6 is 0 Å². The van der Waals surface area contributed by atoms with Gasteiger partial charge in [0.2, 0.25) is 0 Å². The lowest BCUT2D eigenvalue weighted by Crippen LogP contribution is -2.18. The van der Waals surface area contributed by atoms with Crippen molar-refractivity contribution in [3.05, 3.63) is 17.5 Å². The lowest BCUT2D eigenvalue weighted by Gasteiger charge is -2.16. The number of hydrogen-bond acceptors (Lipinski definition) is 3. The summed E-state index contributed by atoms with van der Waals surface area (Å²) in [4.78, 5) is 0. The van der Waals surface area contributed by atoms with Gasteiger partial charge in [0.05, 0.1) is 5.69 Å². The number of nitrogens with zero attached hydrogens (tertiary/aromatic N) is 1. The van der Waals surface area contributed by atoms with E-state index in [0.29, 0.717) is 18.4 Å². The normalized spacial score (nSPS) is 13.8. The molecule has 68 valence electrons. The van der Waals surface area contributed by atoms with E-state index in [0.717, 1.165) is 11.3 Å². The van der Waals surface area contributed by atoms with Crippen molar-refractivity contribution in [2.24, 2.45) is 11.7 Å². The second-order valence-electron chi connectivity index (χ2n) is 3.44. The van der Waals surface area contributed by atoms with Crippen LogP contribution < -0.4 is 5.73 Å². The molecule has 3 nitrogen and oxygen atoms in total. The molecule has 0 radical (unpaired) electrons. The Morgan fingerprint density at radius 2 is 2.25 bits per heavy atom. The first-order valence-electron chi connectivity index (χ1n) is 4.27. The maximum Gasteiger partial charge on any atom is 0.127 e. The van der Waals surface area contributed by atoms with Gasteiger partial charge in [0.15, 0.2) is 0 Å². The maximum atomic E-state index is 5.66. The third-order valence-corrected chi connectivity index (χ3v) is 2.25. The molecule has 0 aliphatic carbocycles. The minimum absolute atomic E-state index is 0.372. The zero-order valence-corrected chi connectivity index (χ0v) is 7.87. The number of hydrogen-bond donors (Lipinski definition) is 1. The van der Waals surface area contributed by atoms with E-state index in [1.807, 2.05) is 6.92 Å². The summed E-state index contributed by atoms with van der Waals surface area (Å²) in [5.41, 5.74) is 7.77. The van der Waals surface area contributed by atoms with E-state index in [1.54, 1.807) is 6.26 Å². The first-order chi connectivity index (χ1) is 5.66. The molecule has 3 heteroatoms. The van der Waals surface area contributed by atoms with Crippen molar-refractivity contribution in [2.45, 2.75) is 26.7 Å². The van der Waals surface area contributed by atoms with Crippen LogP contribution in [0.15, 0.2) is 10.8 Å².